The fourth-order valence-corrected chi connectivity index (χ4v) is 2.07. The van der Waals surface area contributed by atoms with Crippen molar-refractivity contribution < 1.29 is 19.4 Å². The van der Waals surface area contributed by atoms with Gasteiger partial charge in [0.05, 0.1) is 6.10 Å². The third-order valence-corrected chi connectivity index (χ3v) is 2.89. The van der Waals surface area contributed by atoms with E-state index < -0.39 is 5.97 Å². The smallest absolute Gasteiger partial charge is 0.303 e. The monoisotopic (exact) mass is 293 g/mol. The number of rotatable bonds is 8. The first-order valence-electron chi connectivity index (χ1n) is 7.11. The van der Waals surface area contributed by atoms with Crippen molar-refractivity contribution in [2.24, 2.45) is 0 Å². The van der Waals surface area contributed by atoms with E-state index in [9.17, 15) is 9.59 Å². The van der Waals surface area contributed by atoms with Gasteiger partial charge >= 0.3 is 5.97 Å². The van der Waals surface area contributed by atoms with Gasteiger partial charge in [0.25, 0.3) is 0 Å². The van der Waals surface area contributed by atoms with Gasteiger partial charge in [0, 0.05) is 19.4 Å². The van der Waals surface area contributed by atoms with Crippen LogP contribution < -0.4 is 10.1 Å². The van der Waals surface area contributed by atoms with Crippen LogP contribution in [0.1, 0.15) is 39.2 Å². The average molecular weight is 293 g/mol. The summed E-state index contributed by atoms with van der Waals surface area (Å²) in [7, 11) is 0. The second-order valence-electron chi connectivity index (χ2n) is 5.34. The number of benzene rings is 1. The van der Waals surface area contributed by atoms with Crippen molar-refractivity contribution >= 4 is 11.9 Å². The van der Waals surface area contributed by atoms with Crippen LogP contribution in [-0.4, -0.2) is 29.1 Å². The summed E-state index contributed by atoms with van der Waals surface area (Å²) in [5.41, 5.74) is 1.04. The third-order valence-electron chi connectivity index (χ3n) is 2.89. The van der Waals surface area contributed by atoms with Crippen molar-refractivity contribution in [3.63, 3.8) is 0 Å². The normalized spacial score (nSPS) is 12.0. The molecule has 0 fully saturated rings. The molecule has 0 saturated heterocycles. The van der Waals surface area contributed by atoms with Gasteiger partial charge in [0.15, 0.2) is 0 Å². The minimum atomic E-state index is -0.856. The van der Waals surface area contributed by atoms with E-state index >= 15 is 0 Å². The molecule has 0 heterocycles. The minimum absolute atomic E-state index is 0.0412. The Balaban J connectivity index is 2.64. The van der Waals surface area contributed by atoms with E-state index in [0.717, 1.165) is 11.3 Å². The van der Waals surface area contributed by atoms with Crippen molar-refractivity contribution in [2.45, 2.75) is 52.2 Å². The van der Waals surface area contributed by atoms with Crippen molar-refractivity contribution in [1.29, 1.82) is 0 Å². The van der Waals surface area contributed by atoms with E-state index in [0.29, 0.717) is 12.8 Å². The number of hydrogen-bond acceptors (Lipinski definition) is 3. The summed E-state index contributed by atoms with van der Waals surface area (Å²) in [6, 6.07) is 7.48. The molecule has 1 amide bonds. The molecule has 1 rings (SSSR count). The molecule has 21 heavy (non-hydrogen) atoms. The second-order valence-corrected chi connectivity index (χ2v) is 5.34. The molecule has 2 N–H and O–H groups in total. The first-order valence-corrected chi connectivity index (χ1v) is 7.11. The Morgan fingerprint density at radius 3 is 2.33 bits per heavy atom. The second kappa shape index (κ2) is 8.29. The van der Waals surface area contributed by atoms with Gasteiger partial charge < -0.3 is 15.2 Å². The molecule has 1 unspecified atom stereocenters. The van der Waals surface area contributed by atoms with E-state index in [2.05, 4.69) is 5.32 Å². The topological polar surface area (TPSA) is 75.6 Å². The summed E-state index contributed by atoms with van der Waals surface area (Å²) in [5.74, 6) is -0.202. The molecule has 0 aliphatic carbocycles. The number of aliphatic carboxylic acids is 1. The highest BCUT2D eigenvalue weighted by molar-refractivity contribution is 5.73. The lowest BCUT2D eigenvalue weighted by molar-refractivity contribution is -0.137. The van der Waals surface area contributed by atoms with Crippen LogP contribution in [0.3, 0.4) is 0 Å². The highest BCUT2D eigenvalue weighted by Crippen LogP contribution is 2.16. The van der Waals surface area contributed by atoms with E-state index in [1.165, 1.54) is 6.92 Å². The van der Waals surface area contributed by atoms with Gasteiger partial charge in [-0.05, 0) is 44.4 Å². The average Bonchev–Trinajstić information content (AvgIpc) is 2.37. The number of carboxylic acid groups (broad SMARTS) is 1. The van der Waals surface area contributed by atoms with E-state index in [4.69, 9.17) is 9.84 Å². The first-order chi connectivity index (χ1) is 9.86. The van der Waals surface area contributed by atoms with Crippen LogP contribution in [0.2, 0.25) is 0 Å². The Kier molecular flexibility index (Phi) is 6.72. The summed E-state index contributed by atoms with van der Waals surface area (Å²) in [5, 5.41) is 11.6. The Bertz CT molecular complexity index is 468. The fourth-order valence-electron chi connectivity index (χ4n) is 2.07. The molecule has 0 aliphatic rings. The molecular formula is C16H23NO4. The number of hydrogen-bond donors (Lipinski definition) is 2. The van der Waals surface area contributed by atoms with Gasteiger partial charge in [-0.2, -0.15) is 0 Å². The van der Waals surface area contributed by atoms with E-state index in [-0.39, 0.29) is 24.5 Å². The highest BCUT2D eigenvalue weighted by atomic mass is 16.5. The lowest BCUT2D eigenvalue weighted by Crippen LogP contribution is -2.35. The molecule has 0 spiro atoms. The van der Waals surface area contributed by atoms with Crippen molar-refractivity contribution in [1.82, 2.24) is 5.32 Å². The number of nitrogens with one attached hydrogen (secondary N) is 1. The molecule has 0 aliphatic heterocycles. The van der Waals surface area contributed by atoms with Crippen LogP contribution in [0.4, 0.5) is 0 Å². The first kappa shape index (κ1) is 17.0. The molecule has 0 bridgehead atoms. The Morgan fingerprint density at radius 2 is 1.86 bits per heavy atom. The predicted molar refractivity (Wildman–Crippen MR) is 80.4 cm³/mol. The molecular weight excluding hydrogens is 270 g/mol. The summed E-state index contributed by atoms with van der Waals surface area (Å²) >= 11 is 0. The van der Waals surface area contributed by atoms with E-state index in [1.807, 2.05) is 38.1 Å². The largest absolute Gasteiger partial charge is 0.491 e. The third kappa shape index (κ3) is 7.34. The maximum atomic E-state index is 11.2. The summed E-state index contributed by atoms with van der Waals surface area (Å²) in [6.45, 7) is 5.37. The molecule has 1 aromatic carbocycles. The standard InChI is InChI=1S/C16H23NO4/c1-11(2)21-15-7-4-13(5-8-15)10-14(17-12(3)18)6-9-16(19)20/h4-5,7-8,11,14H,6,9-10H2,1-3H3,(H,17,18)(H,19,20). The molecule has 5 nitrogen and oxygen atoms in total. The number of carboxylic acids is 1. The number of ether oxygens (including phenoxy) is 1. The van der Waals surface area contributed by atoms with Crippen LogP contribution in [0.5, 0.6) is 5.75 Å². The maximum absolute atomic E-state index is 11.2. The molecule has 5 heteroatoms. The highest BCUT2D eigenvalue weighted by Gasteiger charge is 2.13. The van der Waals surface area contributed by atoms with Crippen molar-refractivity contribution in [3.05, 3.63) is 29.8 Å². The van der Waals surface area contributed by atoms with Crippen LogP contribution in [-0.2, 0) is 16.0 Å². The molecule has 116 valence electrons. The Hall–Kier alpha value is -2.04. The summed E-state index contributed by atoms with van der Waals surface area (Å²) < 4.78 is 5.57. The zero-order valence-corrected chi connectivity index (χ0v) is 12.8. The molecule has 0 saturated carbocycles. The van der Waals surface area contributed by atoms with E-state index in [1.54, 1.807) is 0 Å². The lowest BCUT2D eigenvalue weighted by atomic mass is 10.0. The zero-order chi connectivity index (χ0) is 15.8. The summed E-state index contributed by atoms with van der Waals surface area (Å²) in [6.07, 6.45) is 1.19. The van der Waals surface area contributed by atoms with Gasteiger partial charge in [-0.1, -0.05) is 12.1 Å². The van der Waals surface area contributed by atoms with Crippen LogP contribution in [0.25, 0.3) is 0 Å². The Labute approximate surface area is 125 Å². The van der Waals surface area contributed by atoms with Gasteiger partial charge in [-0.25, -0.2) is 0 Å². The molecule has 1 atom stereocenters. The van der Waals surface area contributed by atoms with Gasteiger partial charge in [0.1, 0.15) is 5.75 Å². The number of amides is 1. The predicted octanol–water partition coefficient (Wildman–Crippen LogP) is 2.39. The number of carbonyl (C=O) groups excluding carboxylic acids is 1. The van der Waals surface area contributed by atoms with Crippen molar-refractivity contribution in [2.75, 3.05) is 0 Å². The number of carbonyl (C=O) groups is 2. The van der Waals surface area contributed by atoms with Crippen LogP contribution in [0, 0.1) is 0 Å². The Morgan fingerprint density at radius 1 is 1.24 bits per heavy atom. The van der Waals surface area contributed by atoms with Gasteiger partial charge in [-0.15, -0.1) is 0 Å². The lowest BCUT2D eigenvalue weighted by Gasteiger charge is -2.17. The molecule has 0 radical (unpaired) electrons. The summed E-state index contributed by atoms with van der Waals surface area (Å²) in [4.78, 5) is 21.8. The van der Waals surface area contributed by atoms with Crippen LogP contribution >= 0.6 is 0 Å². The van der Waals surface area contributed by atoms with Crippen LogP contribution in [0.15, 0.2) is 24.3 Å². The quantitative estimate of drug-likeness (QED) is 0.771. The fraction of sp³-hybridized carbons (Fsp3) is 0.500. The minimum Gasteiger partial charge on any atom is -0.491 e. The van der Waals surface area contributed by atoms with Crippen molar-refractivity contribution in [3.8, 4) is 5.75 Å². The SMILES string of the molecule is CC(=O)NC(CCC(=O)O)Cc1ccc(OC(C)C)cc1. The molecule has 1 aromatic rings. The zero-order valence-electron chi connectivity index (χ0n) is 12.8. The molecule has 0 aromatic heterocycles. The van der Waals surface area contributed by atoms with Gasteiger partial charge in [0.2, 0.25) is 5.91 Å². The van der Waals surface area contributed by atoms with Gasteiger partial charge in [-0.3, -0.25) is 9.59 Å². The maximum Gasteiger partial charge on any atom is 0.303 e.